The van der Waals surface area contributed by atoms with Crippen LogP contribution in [-0.4, -0.2) is 35.6 Å². The Morgan fingerprint density at radius 2 is 2.22 bits per heavy atom. The molecule has 2 rings (SSSR count). The van der Waals surface area contributed by atoms with E-state index in [1.807, 2.05) is 17.2 Å². The van der Waals surface area contributed by atoms with Crippen LogP contribution >= 0.6 is 11.3 Å². The maximum atomic E-state index is 12.5. The van der Waals surface area contributed by atoms with Gasteiger partial charge < -0.3 is 10.0 Å². The van der Waals surface area contributed by atoms with Crippen LogP contribution in [0.5, 0.6) is 0 Å². The average Bonchev–Trinajstić information content (AvgIpc) is 2.83. The first-order chi connectivity index (χ1) is 8.77. The van der Waals surface area contributed by atoms with Crippen molar-refractivity contribution in [3.63, 3.8) is 0 Å². The molecule has 0 spiro atoms. The molecule has 1 amide bonds. The molecule has 0 saturated carbocycles. The lowest BCUT2D eigenvalue weighted by molar-refractivity contribution is 0.0753. The third kappa shape index (κ3) is 2.75. The lowest BCUT2D eigenvalue weighted by atomic mass is 9.95. The summed E-state index contributed by atoms with van der Waals surface area (Å²) in [4.78, 5) is 15.7. The summed E-state index contributed by atoms with van der Waals surface area (Å²) in [6.45, 7) is 3.50. The summed E-state index contributed by atoms with van der Waals surface area (Å²) < 4.78 is 0. The highest BCUT2D eigenvalue weighted by atomic mass is 32.1. The quantitative estimate of drug-likeness (QED) is 0.890. The molecular formula is C14H21NO2S. The van der Waals surface area contributed by atoms with E-state index in [1.54, 1.807) is 11.3 Å². The number of carbonyl (C=O) groups excluding carboxylic acids is 1. The van der Waals surface area contributed by atoms with Crippen LogP contribution in [0, 0.1) is 0 Å². The van der Waals surface area contributed by atoms with Crippen molar-refractivity contribution in [3.8, 4) is 0 Å². The highest BCUT2D eigenvalue weighted by molar-refractivity contribution is 7.10. The molecule has 0 saturated heterocycles. The third-order valence-corrected chi connectivity index (χ3v) is 4.64. The van der Waals surface area contributed by atoms with Crippen LogP contribution < -0.4 is 0 Å². The fourth-order valence-corrected chi connectivity index (χ4v) is 3.63. The van der Waals surface area contributed by atoms with Crippen LogP contribution in [0.1, 0.15) is 47.0 Å². The molecule has 4 heteroatoms. The Balaban J connectivity index is 2.14. The molecule has 1 aromatic rings. The molecule has 1 aliphatic carbocycles. The van der Waals surface area contributed by atoms with Crippen LogP contribution in [0.15, 0.2) is 5.38 Å². The van der Waals surface area contributed by atoms with Crippen LogP contribution in [0.2, 0.25) is 0 Å². The van der Waals surface area contributed by atoms with Gasteiger partial charge in [0.05, 0.1) is 5.56 Å². The molecule has 0 radical (unpaired) electrons. The van der Waals surface area contributed by atoms with Gasteiger partial charge in [-0.1, -0.05) is 0 Å². The van der Waals surface area contributed by atoms with Crippen molar-refractivity contribution in [2.24, 2.45) is 0 Å². The van der Waals surface area contributed by atoms with Gasteiger partial charge in [0.25, 0.3) is 5.91 Å². The highest BCUT2D eigenvalue weighted by Gasteiger charge is 2.22. The number of fused-ring (bicyclic) bond motifs is 1. The molecule has 1 aliphatic rings. The van der Waals surface area contributed by atoms with Crippen LogP contribution in [-0.2, 0) is 12.8 Å². The Morgan fingerprint density at radius 1 is 1.44 bits per heavy atom. The molecule has 1 heterocycles. The van der Waals surface area contributed by atoms with E-state index in [4.69, 9.17) is 5.11 Å². The second-order valence-corrected chi connectivity index (χ2v) is 5.68. The number of aliphatic hydroxyl groups is 1. The summed E-state index contributed by atoms with van der Waals surface area (Å²) in [5.74, 6) is 0.144. The Labute approximate surface area is 112 Å². The summed E-state index contributed by atoms with van der Waals surface area (Å²) >= 11 is 1.74. The normalized spacial score (nSPS) is 14.3. The van der Waals surface area contributed by atoms with E-state index in [9.17, 15) is 4.79 Å². The number of aliphatic hydroxyl groups excluding tert-OH is 1. The van der Waals surface area contributed by atoms with Crippen molar-refractivity contribution in [2.75, 3.05) is 19.7 Å². The molecule has 1 N–H and O–H groups in total. The van der Waals surface area contributed by atoms with Crippen molar-refractivity contribution in [2.45, 2.75) is 39.0 Å². The molecular weight excluding hydrogens is 246 g/mol. The first-order valence-electron chi connectivity index (χ1n) is 6.77. The van der Waals surface area contributed by atoms with Crippen molar-refractivity contribution in [1.29, 1.82) is 0 Å². The van der Waals surface area contributed by atoms with Crippen LogP contribution in [0.3, 0.4) is 0 Å². The van der Waals surface area contributed by atoms with E-state index >= 15 is 0 Å². The molecule has 1 aromatic heterocycles. The first-order valence-corrected chi connectivity index (χ1v) is 7.65. The van der Waals surface area contributed by atoms with E-state index < -0.39 is 0 Å². The van der Waals surface area contributed by atoms with Crippen molar-refractivity contribution >= 4 is 17.2 Å². The molecule has 3 nitrogen and oxygen atoms in total. The number of carbonyl (C=O) groups is 1. The van der Waals surface area contributed by atoms with Gasteiger partial charge in [-0.2, -0.15) is 0 Å². The Morgan fingerprint density at radius 3 is 2.94 bits per heavy atom. The van der Waals surface area contributed by atoms with Gasteiger partial charge in [0.1, 0.15) is 0 Å². The zero-order valence-corrected chi connectivity index (χ0v) is 11.8. The topological polar surface area (TPSA) is 40.5 Å². The first kappa shape index (κ1) is 13.6. The Kier molecular flexibility index (Phi) is 4.78. The summed E-state index contributed by atoms with van der Waals surface area (Å²) in [5.41, 5.74) is 2.20. The lowest BCUT2D eigenvalue weighted by Gasteiger charge is -2.21. The summed E-state index contributed by atoms with van der Waals surface area (Å²) in [6.07, 6.45) is 5.30. The minimum absolute atomic E-state index is 0.144. The van der Waals surface area contributed by atoms with E-state index in [2.05, 4.69) is 0 Å². The zero-order chi connectivity index (χ0) is 13.0. The smallest absolute Gasteiger partial charge is 0.254 e. The van der Waals surface area contributed by atoms with Crippen molar-refractivity contribution < 1.29 is 9.90 Å². The zero-order valence-electron chi connectivity index (χ0n) is 10.9. The number of aryl methyl sites for hydroxylation is 1. The molecule has 0 bridgehead atoms. The fourth-order valence-electron chi connectivity index (χ4n) is 2.51. The second-order valence-electron chi connectivity index (χ2n) is 4.72. The van der Waals surface area contributed by atoms with Gasteiger partial charge in [-0.3, -0.25) is 4.79 Å². The van der Waals surface area contributed by atoms with E-state index in [1.165, 1.54) is 23.3 Å². The van der Waals surface area contributed by atoms with Gasteiger partial charge >= 0.3 is 0 Å². The Bertz CT molecular complexity index is 414. The number of rotatable bonds is 5. The summed E-state index contributed by atoms with van der Waals surface area (Å²) in [7, 11) is 0. The number of thiophene rings is 1. The molecule has 0 fully saturated rings. The number of nitrogens with zero attached hydrogens (tertiary/aromatic N) is 1. The molecule has 0 atom stereocenters. The number of hydrogen-bond donors (Lipinski definition) is 1. The van der Waals surface area contributed by atoms with Gasteiger partial charge in [-0.25, -0.2) is 0 Å². The van der Waals surface area contributed by atoms with Gasteiger partial charge in [0.15, 0.2) is 0 Å². The SMILES string of the molecule is CCN(CCCO)C(=O)c1csc2c1CCCC2. The van der Waals surface area contributed by atoms with E-state index in [0.717, 1.165) is 18.4 Å². The fraction of sp³-hybridized carbons (Fsp3) is 0.643. The number of hydrogen-bond acceptors (Lipinski definition) is 3. The minimum Gasteiger partial charge on any atom is -0.396 e. The monoisotopic (exact) mass is 267 g/mol. The van der Waals surface area contributed by atoms with Gasteiger partial charge in [0.2, 0.25) is 0 Å². The second kappa shape index (κ2) is 6.34. The standard InChI is InChI=1S/C14H21NO2S/c1-2-15(8-5-9-16)14(17)12-10-18-13-7-4-3-6-11(12)13/h10,16H,2-9H2,1H3. The molecule has 0 aromatic carbocycles. The lowest BCUT2D eigenvalue weighted by Crippen LogP contribution is -2.32. The predicted molar refractivity (Wildman–Crippen MR) is 74.2 cm³/mol. The molecule has 0 aliphatic heterocycles. The molecule has 18 heavy (non-hydrogen) atoms. The highest BCUT2D eigenvalue weighted by Crippen LogP contribution is 2.30. The van der Waals surface area contributed by atoms with E-state index in [-0.39, 0.29) is 12.5 Å². The van der Waals surface area contributed by atoms with Crippen molar-refractivity contribution in [3.05, 3.63) is 21.4 Å². The van der Waals surface area contributed by atoms with Gasteiger partial charge in [-0.05, 0) is 44.6 Å². The van der Waals surface area contributed by atoms with Crippen LogP contribution in [0.4, 0.5) is 0 Å². The van der Waals surface area contributed by atoms with Gasteiger partial charge in [-0.15, -0.1) is 11.3 Å². The number of amides is 1. The average molecular weight is 267 g/mol. The summed E-state index contributed by atoms with van der Waals surface area (Å²) in [6, 6.07) is 0. The molecule has 0 unspecified atom stereocenters. The minimum atomic E-state index is 0.144. The molecule has 100 valence electrons. The van der Waals surface area contributed by atoms with Gasteiger partial charge in [0, 0.05) is 30.0 Å². The van der Waals surface area contributed by atoms with E-state index in [0.29, 0.717) is 19.5 Å². The maximum Gasteiger partial charge on any atom is 0.254 e. The Hall–Kier alpha value is -0.870. The maximum absolute atomic E-state index is 12.5. The van der Waals surface area contributed by atoms with Crippen molar-refractivity contribution in [1.82, 2.24) is 4.90 Å². The summed E-state index contributed by atoms with van der Waals surface area (Å²) in [5, 5.41) is 10.9. The van der Waals surface area contributed by atoms with Crippen LogP contribution in [0.25, 0.3) is 0 Å². The predicted octanol–water partition coefficient (Wildman–Crippen LogP) is 2.47. The largest absolute Gasteiger partial charge is 0.396 e. The third-order valence-electron chi connectivity index (χ3n) is 3.55.